The first-order valence-corrected chi connectivity index (χ1v) is 8.00. The molecular weight excluding hydrogens is 311 g/mol. The van der Waals surface area contributed by atoms with E-state index in [2.05, 4.69) is 15.1 Å². The molecular formula is C10H10Cl2N4O2S. The van der Waals surface area contributed by atoms with Crippen LogP contribution < -0.4 is 0 Å². The maximum absolute atomic E-state index is 11.6. The summed E-state index contributed by atoms with van der Waals surface area (Å²) in [6.07, 6.45) is 2.82. The highest BCUT2D eigenvalue weighted by Gasteiger charge is 2.28. The Kier molecular flexibility index (Phi) is 3.80. The zero-order chi connectivity index (χ0) is 14.2. The van der Waals surface area contributed by atoms with Gasteiger partial charge in [0.25, 0.3) is 9.05 Å². The molecule has 6 nitrogen and oxygen atoms in total. The highest BCUT2D eigenvalue weighted by Crippen LogP contribution is 2.33. The summed E-state index contributed by atoms with van der Waals surface area (Å²) in [6.45, 7) is 3.60. The van der Waals surface area contributed by atoms with E-state index in [4.69, 9.17) is 22.3 Å². The maximum atomic E-state index is 11.6. The molecule has 0 saturated carbocycles. The number of aromatic nitrogens is 4. The fraction of sp³-hybridized carbons (Fsp3) is 0.300. The Morgan fingerprint density at radius 1 is 1.37 bits per heavy atom. The Bertz CT molecular complexity index is 698. The van der Waals surface area contributed by atoms with Gasteiger partial charge in [0, 0.05) is 22.9 Å². The van der Waals surface area contributed by atoms with Crippen LogP contribution in [-0.4, -0.2) is 28.2 Å². The van der Waals surface area contributed by atoms with Gasteiger partial charge in [-0.25, -0.2) is 23.1 Å². The molecule has 0 unspecified atom stereocenters. The largest absolute Gasteiger partial charge is 0.266 e. The number of rotatable bonds is 3. The van der Waals surface area contributed by atoms with Crippen LogP contribution in [0.25, 0.3) is 5.82 Å². The summed E-state index contributed by atoms with van der Waals surface area (Å²) in [5.41, 5.74) is 0.304. The molecule has 0 N–H and O–H groups in total. The SMILES string of the molecule is CC(C)c1nn(-c2ccncn2)c(Cl)c1S(=O)(=O)Cl. The van der Waals surface area contributed by atoms with E-state index in [9.17, 15) is 8.42 Å². The molecule has 2 rings (SSSR count). The second-order valence-electron chi connectivity index (χ2n) is 4.08. The highest BCUT2D eigenvalue weighted by molar-refractivity contribution is 8.13. The zero-order valence-corrected chi connectivity index (χ0v) is 12.4. The van der Waals surface area contributed by atoms with Crippen molar-refractivity contribution in [3.8, 4) is 5.82 Å². The number of hydrogen-bond acceptors (Lipinski definition) is 5. The van der Waals surface area contributed by atoms with Crippen molar-refractivity contribution in [1.82, 2.24) is 19.7 Å². The van der Waals surface area contributed by atoms with E-state index >= 15 is 0 Å². The average molecular weight is 321 g/mol. The van der Waals surface area contributed by atoms with Crippen molar-refractivity contribution >= 4 is 31.3 Å². The minimum atomic E-state index is -3.98. The van der Waals surface area contributed by atoms with Gasteiger partial charge in [0.2, 0.25) is 0 Å². The Hall–Kier alpha value is -1.18. The highest BCUT2D eigenvalue weighted by atomic mass is 35.7. The van der Waals surface area contributed by atoms with Gasteiger partial charge < -0.3 is 0 Å². The van der Waals surface area contributed by atoms with Crippen LogP contribution in [0.15, 0.2) is 23.5 Å². The van der Waals surface area contributed by atoms with E-state index in [-0.39, 0.29) is 16.0 Å². The second kappa shape index (κ2) is 5.07. The van der Waals surface area contributed by atoms with Crippen molar-refractivity contribution in [2.75, 3.05) is 0 Å². The van der Waals surface area contributed by atoms with E-state index in [1.807, 2.05) is 0 Å². The van der Waals surface area contributed by atoms with Gasteiger partial charge in [-0.05, 0) is 5.92 Å². The van der Waals surface area contributed by atoms with Crippen LogP contribution in [0.3, 0.4) is 0 Å². The Morgan fingerprint density at radius 3 is 2.47 bits per heavy atom. The van der Waals surface area contributed by atoms with Gasteiger partial charge in [-0.2, -0.15) is 5.10 Å². The predicted molar refractivity (Wildman–Crippen MR) is 71.3 cm³/mol. The van der Waals surface area contributed by atoms with Crippen LogP contribution in [0.5, 0.6) is 0 Å². The van der Waals surface area contributed by atoms with Crippen molar-refractivity contribution < 1.29 is 8.42 Å². The zero-order valence-electron chi connectivity index (χ0n) is 10.1. The first kappa shape index (κ1) is 14.2. The average Bonchev–Trinajstić information content (AvgIpc) is 2.68. The predicted octanol–water partition coefficient (Wildman–Crippen LogP) is 2.37. The van der Waals surface area contributed by atoms with E-state index in [0.29, 0.717) is 11.5 Å². The monoisotopic (exact) mass is 320 g/mol. The van der Waals surface area contributed by atoms with Crippen molar-refractivity contribution in [3.63, 3.8) is 0 Å². The lowest BCUT2D eigenvalue weighted by Gasteiger charge is -2.01. The summed E-state index contributed by atoms with van der Waals surface area (Å²) in [6, 6.07) is 1.56. The van der Waals surface area contributed by atoms with E-state index in [1.54, 1.807) is 19.9 Å². The van der Waals surface area contributed by atoms with Crippen molar-refractivity contribution in [2.45, 2.75) is 24.7 Å². The van der Waals surface area contributed by atoms with Crippen LogP contribution in [0.2, 0.25) is 5.15 Å². The molecule has 102 valence electrons. The Morgan fingerprint density at radius 2 is 2.05 bits per heavy atom. The number of nitrogens with zero attached hydrogens (tertiary/aromatic N) is 4. The number of halogens is 2. The third-order valence-corrected chi connectivity index (χ3v) is 4.20. The Balaban J connectivity index is 2.74. The fourth-order valence-corrected chi connectivity index (χ4v) is 3.48. The molecule has 2 aromatic rings. The summed E-state index contributed by atoms with van der Waals surface area (Å²) in [5.74, 6) is 0.220. The maximum Gasteiger partial charge on any atom is 0.266 e. The van der Waals surface area contributed by atoms with Crippen LogP contribution in [-0.2, 0) is 9.05 Å². The van der Waals surface area contributed by atoms with E-state index < -0.39 is 9.05 Å². The van der Waals surface area contributed by atoms with Crippen LogP contribution in [0.4, 0.5) is 0 Å². The van der Waals surface area contributed by atoms with Gasteiger partial charge in [-0.3, -0.25) is 0 Å². The first-order chi connectivity index (χ1) is 8.82. The van der Waals surface area contributed by atoms with Gasteiger partial charge in [0.05, 0.1) is 5.69 Å². The molecule has 0 amide bonds. The Labute approximate surface area is 119 Å². The molecule has 0 aromatic carbocycles. The summed E-state index contributed by atoms with van der Waals surface area (Å²) in [4.78, 5) is 7.57. The molecule has 0 aliphatic carbocycles. The van der Waals surface area contributed by atoms with Gasteiger partial charge in [0.1, 0.15) is 11.2 Å². The normalized spacial score (nSPS) is 12.1. The molecule has 2 heterocycles. The molecule has 9 heteroatoms. The quantitative estimate of drug-likeness (QED) is 0.811. The molecule has 0 aliphatic heterocycles. The third-order valence-electron chi connectivity index (χ3n) is 2.39. The summed E-state index contributed by atoms with van der Waals surface area (Å²) >= 11 is 6.07. The van der Waals surface area contributed by atoms with Crippen LogP contribution in [0.1, 0.15) is 25.5 Å². The lowest BCUT2D eigenvalue weighted by atomic mass is 10.1. The standard InChI is InChI=1S/C10H10Cl2N4O2S/c1-6(2)8-9(19(12,17)18)10(11)16(15-8)7-3-4-13-5-14-7/h3-6H,1-2H3. The van der Waals surface area contributed by atoms with Crippen molar-refractivity contribution in [3.05, 3.63) is 29.4 Å². The van der Waals surface area contributed by atoms with E-state index in [1.165, 1.54) is 17.2 Å². The fourth-order valence-electron chi connectivity index (χ4n) is 1.56. The van der Waals surface area contributed by atoms with Gasteiger partial charge in [-0.1, -0.05) is 25.4 Å². The summed E-state index contributed by atoms with van der Waals surface area (Å²) < 4.78 is 24.5. The molecule has 0 radical (unpaired) electrons. The van der Waals surface area contributed by atoms with Crippen molar-refractivity contribution in [2.24, 2.45) is 0 Å². The third kappa shape index (κ3) is 2.72. The van der Waals surface area contributed by atoms with Crippen molar-refractivity contribution in [1.29, 1.82) is 0 Å². The molecule has 0 spiro atoms. The second-order valence-corrected chi connectivity index (χ2v) is 6.94. The first-order valence-electron chi connectivity index (χ1n) is 5.32. The minimum Gasteiger partial charge on any atom is -0.245 e. The van der Waals surface area contributed by atoms with Gasteiger partial charge >= 0.3 is 0 Å². The minimum absolute atomic E-state index is 0.0857. The molecule has 0 fully saturated rings. The summed E-state index contributed by atoms with van der Waals surface area (Å²) in [7, 11) is 1.43. The summed E-state index contributed by atoms with van der Waals surface area (Å²) in [5, 5.41) is 4.09. The van der Waals surface area contributed by atoms with Gasteiger partial charge in [0.15, 0.2) is 11.0 Å². The topological polar surface area (TPSA) is 77.7 Å². The molecule has 2 aromatic heterocycles. The van der Waals surface area contributed by atoms with E-state index in [0.717, 1.165) is 0 Å². The molecule has 0 aliphatic rings. The number of hydrogen-bond donors (Lipinski definition) is 0. The molecule has 0 saturated heterocycles. The van der Waals surface area contributed by atoms with Gasteiger partial charge in [-0.15, -0.1) is 0 Å². The molecule has 0 atom stereocenters. The smallest absolute Gasteiger partial charge is 0.245 e. The lowest BCUT2D eigenvalue weighted by Crippen LogP contribution is -2.00. The van der Waals surface area contributed by atoms with Crippen LogP contribution in [0, 0.1) is 0 Å². The van der Waals surface area contributed by atoms with Crippen LogP contribution >= 0.6 is 22.3 Å². The molecule has 0 bridgehead atoms. The molecule has 19 heavy (non-hydrogen) atoms. The lowest BCUT2D eigenvalue weighted by molar-refractivity contribution is 0.607.